The largest absolute Gasteiger partial charge is 0.452 e. The van der Waals surface area contributed by atoms with E-state index >= 15 is 0 Å². The molecule has 1 aromatic carbocycles. The van der Waals surface area contributed by atoms with Crippen LogP contribution in [0.3, 0.4) is 0 Å². The summed E-state index contributed by atoms with van der Waals surface area (Å²) in [7, 11) is 0. The standard InChI is InChI=1S/C16H19Cl2NO3/c1-10-5-2-3-8-13(10)19-14(20)9-22-16(21)11-6-4-7-12(17)15(11)18/h4,6-7,10,13H,2-3,5,8-9H2,1H3,(H,19,20)/t10-,13-/m1/s1. The molecule has 2 atom stereocenters. The molecule has 1 amide bonds. The highest BCUT2D eigenvalue weighted by molar-refractivity contribution is 6.43. The zero-order valence-electron chi connectivity index (χ0n) is 12.4. The lowest BCUT2D eigenvalue weighted by Crippen LogP contribution is -2.42. The first kappa shape index (κ1) is 17.1. The highest BCUT2D eigenvalue weighted by Gasteiger charge is 2.23. The Bertz CT molecular complexity index is 562. The van der Waals surface area contributed by atoms with E-state index in [1.807, 2.05) is 0 Å². The van der Waals surface area contributed by atoms with Crippen LogP contribution in [0.4, 0.5) is 0 Å². The number of hydrogen-bond acceptors (Lipinski definition) is 3. The van der Waals surface area contributed by atoms with Crippen LogP contribution in [0.2, 0.25) is 10.0 Å². The molecule has 0 aliphatic heterocycles. The summed E-state index contributed by atoms with van der Waals surface area (Å²) >= 11 is 11.8. The quantitative estimate of drug-likeness (QED) is 0.845. The van der Waals surface area contributed by atoms with Gasteiger partial charge < -0.3 is 10.1 Å². The molecule has 1 fully saturated rings. The molecule has 120 valence electrons. The van der Waals surface area contributed by atoms with Crippen molar-refractivity contribution in [3.8, 4) is 0 Å². The average molecular weight is 344 g/mol. The Hall–Kier alpha value is -1.26. The molecule has 2 rings (SSSR count). The van der Waals surface area contributed by atoms with Gasteiger partial charge in [0.15, 0.2) is 6.61 Å². The van der Waals surface area contributed by atoms with E-state index in [9.17, 15) is 9.59 Å². The van der Waals surface area contributed by atoms with Crippen molar-refractivity contribution >= 4 is 35.1 Å². The van der Waals surface area contributed by atoms with Crippen molar-refractivity contribution in [1.82, 2.24) is 5.32 Å². The second kappa shape index (κ2) is 7.84. The summed E-state index contributed by atoms with van der Waals surface area (Å²) in [5, 5.41) is 3.34. The van der Waals surface area contributed by atoms with E-state index < -0.39 is 5.97 Å². The molecule has 4 nitrogen and oxygen atoms in total. The van der Waals surface area contributed by atoms with Crippen LogP contribution in [-0.4, -0.2) is 24.5 Å². The molecule has 0 radical (unpaired) electrons. The van der Waals surface area contributed by atoms with Crippen LogP contribution in [0.1, 0.15) is 43.0 Å². The van der Waals surface area contributed by atoms with Crippen LogP contribution in [-0.2, 0) is 9.53 Å². The Morgan fingerprint density at radius 1 is 1.27 bits per heavy atom. The lowest BCUT2D eigenvalue weighted by atomic mass is 9.86. The van der Waals surface area contributed by atoms with Crippen molar-refractivity contribution in [3.05, 3.63) is 33.8 Å². The highest BCUT2D eigenvalue weighted by Crippen LogP contribution is 2.26. The number of carbonyl (C=O) groups excluding carboxylic acids is 2. The molecule has 1 aliphatic carbocycles. The second-order valence-electron chi connectivity index (χ2n) is 5.61. The number of ether oxygens (including phenoxy) is 1. The zero-order valence-corrected chi connectivity index (χ0v) is 13.9. The van der Waals surface area contributed by atoms with Crippen LogP contribution in [0.15, 0.2) is 18.2 Å². The minimum absolute atomic E-state index is 0.135. The molecular formula is C16H19Cl2NO3. The molecule has 6 heteroatoms. The summed E-state index contributed by atoms with van der Waals surface area (Å²) < 4.78 is 5.01. The Kier molecular flexibility index (Phi) is 6.09. The first-order chi connectivity index (χ1) is 10.5. The summed E-state index contributed by atoms with van der Waals surface area (Å²) in [6, 6.07) is 4.86. The van der Waals surface area contributed by atoms with Crippen molar-refractivity contribution in [2.45, 2.75) is 38.6 Å². The SMILES string of the molecule is C[C@@H]1CCCC[C@H]1NC(=O)COC(=O)c1cccc(Cl)c1Cl. The normalized spacial score (nSPS) is 21.2. The Morgan fingerprint density at radius 2 is 2.00 bits per heavy atom. The minimum atomic E-state index is -0.653. The Balaban J connectivity index is 1.85. The predicted molar refractivity (Wildman–Crippen MR) is 86.3 cm³/mol. The second-order valence-corrected chi connectivity index (χ2v) is 6.40. The third-order valence-electron chi connectivity index (χ3n) is 3.96. The van der Waals surface area contributed by atoms with E-state index in [-0.39, 0.29) is 34.2 Å². The maximum Gasteiger partial charge on any atom is 0.340 e. The molecule has 1 saturated carbocycles. The summed E-state index contributed by atoms with van der Waals surface area (Å²) in [6.07, 6.45) is 4.41. The van der Waals surface area contributed by atoms with Gasteiger partial charge in [-0.2, -0.15) is 0 Å². The van der Waals surface area contributed by atoms with Gasteiger partial charge in [0.25, 0.3) is 5.91 Å². The summed E-state index contributed by atoms with van der Waals surface area (Å²) in [6.45, 7) is 1.81. The van der Waals surface area contributed by atoms with Crippen LogP contribution < -0.4 is 5.32 Å². The van der Waals surface area contributed by atoms with Gasteiger partial charge in [0.05, 0.1) is 15.6 Å². The van der Waals surface area contributed by atoms with Crippen LogP contribution in [0.25, 0.3) is 0 Å². The molecule has 0 saturated heterocycles. The van der Waals surface area contributed by atoms with Gasteiger partial charge in [0, 0.05) is 6.04 Å². The number of nitrogens with one attached hydrogen (secondary N) is 1. The molecule has 1 N–H and O–H groups in total. The molecule has 0 spiro atoms. The van der Waals surface area contributed by atoms with Gasteiger partial charge in [-0.05, 0) is 30.9 Å². The number of rotatable bonds is 4. The maximum atomic E-state index is 11.9. The predicted octanol–water partition coefficient (Wildman–Crippen LogP) is 3.85. The van der Waals surface area contributed by atoms with E-state index in [0.717, 1.165) is 19.3 Å². The highest BCUT2D eigenvalue weighted by atomic mass is 35.5. The lowest BCUT2D eigenvalue weighted by Gasteiger charge is -2.29. The topological polar surface area (TPSA) is 55.4 Å². The summed E-state index contributed by atoms with van der Waals surface area (Å²) in [5.74, 6) is -0.486. The van der Waals surface area contributed by atoms with E-state index in [0.29, 0.717) is 5.92 Å². The third-order valence-corrected chi connectivity index (χ3v) is 4.78. The number of hydrogen-bond donors (Lipinski definition) is 1. The van der Waals surface area contributed by atoms with E-state index in [1.165, 1.54) is 12.5 Å². The molecule has 0 heterocycles. The van der Waals surface area contributed by atoms with Gasteiger partial charge in [0.2, 0.25) is 0 Å². The molecule has 1 aromatic rings. The number of halogens is 2. The van der Waals surface area contributed by atoms with Crippen LogP contribution >= 0.6 is 23.2 Å². The first-order valence-electron chi connectivity index (χ1n) is 7.39. The van der Waals surface area contributed by atoms with Crippen molar-refractivity contribution in [2.75, 3.05) is 6.61 Å². The maximum absolute atomic E-state index is 11.9. The third kappa shape index (κ3) is 4.37. The fraction of sp³-hybridized carbons (Fsp3) is 0.500. The van der Waals surface area contributed by atoms with Crippen LogP contribution in [0, 0.1) is 5.92 Å². The zero-order chi connectivity index (χ0) is 16.1. The van der Waals surface area contributed by atoms with Gasteiger partial charge in [-0.15, -0.1) is 0 Å². The number of esters is 1. The lowest BCUT2D eigenvalue weighted by molar-refractivity contribution is -0.125. The van der Waals surface area contributed by atoms with Crippen molar-refractivity contribution in [1.29, 1.82) is 0 Å². The molecule has 0 unspecified atom stereocenters. The number of benzene rings is 1. The molecule has 1 aliphatic rings. The fourth-order valence-corrected chi connectivity index (χ4v) is 3.03. The molecule has 22 heavy (non-hydrogen) atoms. The Labute approximate surface area is 140 Å². The molecule has 0 bridgehead atoms. The van der Waals surface area contributed by atoms with E-state index in [2.05, 4.69) is 12.2 Å². The Morgan fingerprint density at radius 3 is 2.73 bits per heavy atom. The number of carbonyl (C=O) groups is 2. The van der Waals surface area contributed by atoms with Crippen LogP contribution in [0.5, 0.6) is 0 Å². The average Bonchev–Trinajstić information content (AvgIpc) is 2.50. The van der Waals surface area contributed by atoms with Gasteiger partial charge in [0.1, 0.15) is 0 Å². The van der Waals surface area contributed by atoms with Crippen molar-refractivity contribution in [2.24, 2.45) is 5.92 Å². The minimum Gasteiger partial charge on any atom is -0.452 e. The number of amides is 1. The summed E-state index contributed by atoms with van der Waals surface area (Å²) in [4.78, 5) is 23.8. The smallest absolute Gasteiger partial charge is 0.340 e. The van der Waals surface area contributed by atoms with Gasteiger partial charge in [-0.25, -0.2) is 4.79 Å². The van der Waals surface area contributed by atoms with Gasteiger partial charge in [-0.3, -0.25) is 4.79 Å². The van der Waals surface area contributed by atoms with Crippen molar-refractivity contribution in [3.63, 3.8) is 0 Å². The first-order valence-corrected chi connectivity index (χ1v) is 8.15. The van der Waals surface area contributed by atoms with Gasteiger partial charge >= 0.3 is 5.97 Å². The van der Waals surface area contributed by atoms with E-state index in [4.69, 9.17) is 27.9 Å². The fourth-order valence-electron chi connectivity index (χ4n) is 2.65. The van der Waals surface area contributed by atoms with Gasteiger partial charge in [-0.1, -0.05) is 49.0 Å². The summed E-state index contributed by atoms with van der Waals surface area (Å²) in [5.41, 5.74) is 0.160. The monoisotopic (exact) mass is 343 g/mol. The van der Waals surface area contributed by atoms with E-state index in [1.54, 1.807) is 12.1 Å². The molecule has 0 aromatic heterocycles. The molecular weight excluding hydrogens is 325 g/mol. The van der Waals surface area contributed by atoms with Crippen molar-refractivity contribution < 1.29 is 14.3 Å².